The zero-order chi connectivity index (χ0) is 16.4. The number of esters is 1. The molecule has 0 aliphatic carbocycles. The Bertz CT molecular complexity index is 577. The van der Waals surface area contributed by atoms with Crippen molar-refractivity contribution in [2.45, 2.75) is 30.7 Å². The van der Waals surface area contributed by atoms with E-state index in [9.17, 15) is 29.3 Å². The highest BCUT2D eigenvalue weighted by molar-refractivity contribution is 5.90. The maximum absolute atomic E-state index is 13.5. The quantitative estimate of drug-likeness (QED) is 0.515. The lowest BCUT2D eigenvalue weighted by Crippen LogP contribution is -2.61. The van der Waals surface area contributed by atoms with Crippen LogP contribution in [0.3, 0.4) is 0 Å². The van der Waals surface area contributed by atoms with Gasteiger partial charge in [-0.15, -0.1) is 0 Å². The molecule has 1 aromatic rings. The molecule has 1 saturated heterocycles. The van der Waals surface area contributed by atoms with E-state index in [1.807, 2.05) is 0 Å². The molecule has 1 aromatic carbocycles. The van der Waals surface area contributed by atoms with E-state index in [4.69, 9.17) is 9.84 Å². The Balaban J connectivity index is 2.23. The van der Waals surface area contributed by atoms with Crippen LogP contribution in [0.4, 0.5) is 4.39 Å². The molecule has 4 N–H and O–H groups in total. The number of carboxylic acids is 1. The number of aliphatic hydroxyl groups excluding tert-OH is 3. The van der Waals surface area contributed by atoms with Crippen LogP contribution in [-0.4, -0.2) is 63.1 Å². The summed E-state index contributed by atoms with van der Waals surface area (Å²) in [7, 11) is 0. The van der Waals surface area contributed by atoms with Crippen molar-refractivity contribution >= 4 is 11.9 Å². The van der Waals surface area contributed by atoms with Gasteiger partial charge in [-0.3, -0.25) is 0 Å². The first-order chi connectivity index (χ1) is 10.3. The molecule has 0 aromatic heterocycles. The molecule has 0 saturated carbocycles. The van der Waals surface area contributed by atoms with Crippen LogP contribution in [0.2, 0.25) is 0 Å². The van der Waals surface area contributed by atoms with Crippen molar-refractivity contribution in [3.63, 3.8) is 0 Å². The van der Waals surface area contributed by atoms with Gasteiger partial charge >= 0.3 is 11.9 Å². The summed E-state index contributed by atoms with van der Waals surface area (Å²) in [5.41, 5.74) is -0.473. The number of hydrogen-bond acceptors (Lipinski definition) is 7. The first-order valence-electron chi connectivity index (χ1n) is 6.21. The summed E-state index contributed by atoms with van der Waals surface area (Å²) in [5, 5.41) is 37.5. The van der Waals surface area contributed by atoms with E-state index in [2.05, 4.69) is 4.74 Å². The lowest BCUT2D eigenvalue weighted by molar-refractivity contribution is -0.279. The number of carbonyl (C=O) groups excluding carboxylic acids is 1. The van der Waals surface area contributed by atoms with Crippen molar-refractivity contribution in [3.05, 3.63) is 35.6 Å². The lowest BCUT2D eigenvalue weighted by Gasteiger charge is -2.38. The zero-order valence-electron chi connectivity index (χ0n) is 11.0. The van der Waals surface area contributed by atoms with E-state index >= 15 is 0 Å². The highest BCUT2D eigenvalue weighted by Crippen LogP contribution is 2.24. The fraction of sp³-hybridized carbons (Fsp3) is 0.385. The predicted octanol–water partition coefficient (Wildman–Crippen LogP) is -1.13. The molecule has 0 bridgehead atoms. The molecular formula is C13H13FO8. The number of carbonyl (C=O) groups is 2. The number of aliphatic carboxylic acids is 1. The Morgan fingerprint density at radius 2 is 1.77 bits per heavy atom. The molecule has 0 spiro atoms. The molecule has 22 heavy (non-hydrogen) atoms. The maximum Gasteiger partial charge on any atom is 0.341 e. The van der Waals surface area contributed by atoms with Gasteiger partial charge in [0.1, 0.15) is 18.0 Å². The van der Waals surface area contributed by atoms with Gasteiger partial charge in [-0.2, -0.15) is 0 Å². The Hall–Kier alpha value is -2.07. The average molecular weight is 316 g/mol. The molecule has 1 aliphatic rings. The predicted molar refractivity (Wildman–Crippen MR) is 66.1 cm³/mol. The third-order valence-corrected chi connectivity index (χ3v) is 3.14. The number of carboxylic acid groups (broad SMARTS) is 1. The third kappa shape index (κ3) is 3.07. The minimum absolute atomic E-state index is 0.473. The van der Waals surface area contributed by atoms with Gasteiger partial charge in [0.2, 0.25) is 0 Å². The number of rotatable bonds is 3. The van der Waals surface area contributed by atoms with E-state index in [0.29, 0.717) is 0 Å². The molecule has 8 nitrogen and oxygen atoms in total. The summed E-state index contributed by atoms with van der Waals surface area (Å²) >= 11 is 0. The smallest absolute Gasteiger partial charge is 0.341 e. The molecule has 2 rings (SSSR count). The maximum atomic E-state index is 13.5. The van der Waals surface area contributed by atoms with E-state index in [1.165, 1.54) is 12.1 Å². The van der Waals surface area contributed by atoms with Crippen molar-refractivity contribution < 1.29 is 43.9 Å². The molecule has 1 fully saturated rings. The van der Waals surface area contributed by atoms with Crippen LogP contribution < -0.4 is 0 Å². The minimum Gasteiger partial charge on any atom is -0.479 e. The number of aliphatic hydroxyl groups is 3. The van der Waals surface area contributed by atoms with Crippen LogP contribution >= 0.6 is 0 Å². The van der Waals surface area contributed by atoms with Crippen molar-refractivity contribution in [2.75, 3.05) is 0 Å². The van der Waals surface area contributed by atoms with Crippen molar-refractivity contribution in [1.29, 1.82) is 0 Å². The van der Waals surface area contributed by atoms with Crippen LogP contribution in [-0.2, 0) is 14.3 Å². The number of halogens is 1. The highest BCUT2D eigenvalue weighted by atomic mass is 19.1. The first kappa shape index (κ1) is 16.3. The molecule has 0 radical (unpaired) electrons. The van der Waals surface area contributed by atoms with Gasteiger partial charge in [0, 0.05) is 0 Å². The van der Waals surface area contributed by atoms with Gasteiger partial charge in [0.05, 0.1) is 5.56 Å². The number of benzene rings is 1. The first-order valence-corrected chi connectivity index (χ1v) is 6.21. The summed E-state index contributed by atoms with van der Waals surface area (Å²) in [5.74, 6) is -3.76. The largest absolute Gasteiger partial charge is 0.479 e. The molecule has 1 heterocycles. The fourth-order valence-corrected chi connectivity index (χ4v) is 1.99. The summed E-state index contributed by atoms with van der Waals surface area (Å²) < 4.78 is 22.8. The monoisotopic (exact) mass is 316 g/mol. The molecule has 0 unspecified atom stereocenters. The Morgan fingerprint density at radius 1 is 1.14 bits per heavy atom. The molecule has 1 aliphatic heterocycles. The van der Waals surface area contributed by atoms with Crippen LogP contribution in [0.15, 0.2) is 24.3 Å². The van der Waals surface area contributed by atoms with Crippen LogP contribution in [0.5, 0.6) is 0 Å². The molecule has 9 heteroatoms. The summed E-state index contributed by atoms with van der Waals surface area (Å²) in [6, 6.07) is 4.80. The van der Waals surface area contributed by atoms with E-state index in [0.717, 1.165) is 12.1 Å². The van der Waals surface area contributed by atoms with E-state index in [-0.39, 0.29) is 0 Å². The average Bonchev–Trinajstić information content (AvgIpc) is 2.47. The molecule has 0 amide bonds. The van der Waals surface area contributed by atoms with Crippen LogP contribution in [0.1, 0.15) is 10.4 Å². The van der Waals surface area contributed by atoms with Gasteiger partial charge in [-0.25, -0.2) is 14.0 Å². The van der Waals surface area contributed by atoms with Gasteiger partial charge in [0.25, 0.3) is 0 Å². The Labute approximate surface area is 123 Å². The van der Waals surface area contributed by atoms with Crippen molar-refractivity contribution in [3.8, 4) is 0 Å². The molecular weight excluding hydrogens is 303 g/mol. The van der Waals surface area contributed by atoms with Crippen molar-refractivity contribution in [2.24, 2.45) is 0 Å². The zero-order valence-corrected chi connectivity index (χ0v) is 11.0. The second-order valence-corrected chi connectivity index (χ2v) is 4.62. The minimum atomic E-state index is -1.96. The lowest BCUT2D eigenvalue weighted by atomic mass is 9.98. The topological polar surface area (TPSA) is 134 Å². The number of ether oxygens (including phenoxy) is 2. The molecule has 5 atom stereocenters. The van der Waals surface area contributed by atoms with Gasteiger partial charge in [-0.1, -0.05) is 12.1 Å². The van der Waals surface area contributed by atoms with Gasteiger partial charge < -0.3 is 29.9 Å². The summed E-state index contributed by atoms with van der Waals surface area (Å²) in [4.78, 5) is 22.9. The highest BCUT2D eigenvalue weighted by Gasteiger charge is 2.49. The summed E-state index contributed by atoms with van der Waals surface area (Å²) in [6.07, 6.45) is -9.48. The Morgan fingerprint density at radius 3 is 2.36 bits per heavy atom. The van der Waals surface area contributed by atoms with E-state index < -0.39 is 54.0 Å². The second kappa shape index (κ2) is 6.36. The normalized spacial score (nSPS) is 31.5. The van der Waals surface area contributed by atoms with Gasteiger partial charge in [-0.05, 0) is 12.1 Å². The second-order valence-electron chi connectivity index (χ2n) is 4.62. The van der Waals surface area contributed by atoms with Crippen molar-refractivity contribution in [1.82, 2.24) is 0 Å². The SMILES string of the molecule is O=C(O[C@H]1[C@H](O)[C@@H](O)[C@@H](O)O[C@@H]1C(=O)O)c1ccccc1F. The molecule has 120 valence electrons. The van der Waals surface area contributed by atoms with Crippen LogP contribution in [0.25, 0.3) is 0 Å². The van der Waals surface area contributed by atoms with E-state index in [1.54, 1.807) is 0 Å². The third-order valence-electron chi connectivity index (χ3n) is 3.14. The fourth-order valence-electron chi connectivity index (χ4n) is 1.99. The van der Waals surface area contributed by atoms with Crippen LogP contribution in [0, 0.1) is 5.82 Å². The number of hydrogen-bond donors (Lipinski definition) is 4. The Kier molecular flexibility index (Phi) is 4.71. The standard InChI is InChI=1S/C13H13FO8/c14-6-4-2-1-3-5(6)12(19)21-9-7(15)8(16)13(20)22-10(9)11(17)18/h1-4,7-10,13,15-16,20H,(H,17,18)/t7-,8-,9+,10+,13+/m1/s1. The van der Waals surface area contributed by atoms with Gasteiger partial charge in [0.15, 0.2) is 18.5 Å². The summed E-state index contributed by atoms with van der Waals surface area (Å²) in [6.45, 7) is 0.